The normalized spacial score (nSPS) is 15.3. The van der Waals surface area contributed by atoms with E-state index in [-0.39, 0.29) is 18.4 Å². The quantitative estimate of drug-likeness (QED) is 0.529. The van der Waals surface area contributed by atoms with Crippen molar-refractivity contribution in [2.75, 3.05) is 19.7 Å². The molecule has 0 aliphatic carbocycles. The summed E-state index contributed by atoms with van der Waals surface area (Å²) < 4.78 is 7.68. The fourth-order valence-corrected chi connectivity index (χ4v) is 4.00. The molecule has 0 saturated carbocycles. The summed E-state index contributed by atoms with van der Waals surface area (Å²) in [6.07, 6.45) is 4.95. The number of likely N-dealkylation sites (tertiary alicyclic amines) is 1. The van der Waals surface area contributed by atoms with Crippen LogP contribution in [-0.2, 0) is 16.1 Å². The minimum absolute atomic E-state index is 0.0479. The maximum atomic E-state index is 13.2. The summed E-state index contributed by atoms with van der Waals surface area (Å²) in [5, 5.41) is 11.6. The van der Waals surface area contributed by atoms with Crippen LogP contribution in [0.4, 0.5) is 0 Å². The van der Waals surface area contributed by atoms with Gasteiger partial charge in [-0.2, -0.15) is 0 Å². The number of piperidine rings is 1. The van der Waals surface area contributed by atoms with Crippen molar-refractivity contribution in [2.45, 2.75) is 51.3 Å². The molecule has 1 atom stereocenters. The first-order valence-electron chi connectivity index (χ1n) is 11.7. The lowest BCUT2D eigenvalue weighted by Crippen LogP contribution is -2.50. The molecule has 34 heavy (non-hydrogen) atoms. The number of amides is 2. The van der Waals surface area contributed by atoms with E-state index in [1.54, 1.807) is 36.6 Å². The van der Waals surface area contributed by atoms with Gasteiger partial charge in [0, 0.05) is 19.3 Å². The summed E-state index contributed by atoms with van der Waals surface area (Å²) in [5.74, 6) is 0.0975. The number of carbonyl (C=O) groups is 2. The van der Waals surface area contributed by atoms with Gasteiger partial charge in [-0.25, -0.2) is 0 Å². The van der Waals surface area contributed by atoms with Gasteiger partial charge < -0.3 is 20.7 Å². The van der Waals surface area contributed by atoms with Crippen LogP contribution in [0.5, 0.6) is 0 Å². The van der Waals surface area contributed by atoms with E-state index in [2.05, 4.69) is 15.5 Å². The highest BCUT2D eigenvalue weighted by molar-refractivity contribution is 5.99. The highest BCUT2D eigenvalue weighted by Crippen LogP contribution is 2.20. The predicted molar refractivity (Wildman–Crippen MR) is 128 cm³/mol. The first kappa shape index (κ1) is 23.8. The maximum absolute atomic E-state index is 13.2. The minimum Gasteiger partial charge on any atom is -0.374 e. The van der Waals surface area contributed by atoms with Gasteiger partial charge >= 0.3 is 0 Å². The predicted octanol–water partition coefficient (Wildman–Crippen LogP) is 2.47. The van der Waals surface area contributed by atoms with Crippen molar-refractivity contribution in [3.05, 3.63) is 65.6 Å². The molecule has 2 amide bonds. The molecule has 9 nitrogen and oxygen atoms in total. The van der Waals surface area contributed by atoms with Gasteiger partial charge in [-0.15, -0.1) is 10.2 Å². The van der Waals surface area contributed by atoms with Crippen LogP contribution in [0.1, 0.15) is 60.9 Å². The number of nitrogens with zero attached hydrogens (tertiary/aromatic N) is 4. The van der Waals surface area contributed by atoms with E-state index in [1.165, 1.54) is 0 Å². The Labute approximate surface area is 199 Å². The standard InChI is InChI=1S/C25H32N6O3/c1-25(2,26)24(33)27-20(17-34-16-18-10-5-3-6-11-18)22-29-28-21-19(12-9-15-31(21)22)23(32)30-13-7-4-8-14-30/h3,5-6,9-12,15,20H,4,7-8,13-14,16-17,26H2,1-2H3,(H,27,33)/t20-/m1/s1. The number of rotatable bonds is 8. The lowest BCUT2D eigenvalue weighted by atomic mass is 10.1. The summed E-state index contributed by atoms with van der Waals surface area (Å²) in [4.78, 5) is 27.7. The number of ether oxygens (including phenoxy) is 1. The monoisotopic (exact) mass is 464 g/mol. The van der Waals surface area contributed by atoms with E-state index >= 15 is 0 Å². The van der Waals surface area contributed by atoms with Crippen LogP contribution in [-0.4, -0.2) is 56.5 Å². The van der Waals surface area contributed by atoms with E-state index in [0.717, 1.165) is 37.9 Å². The van der Waals surface area contributed by atoms with E-state index in [4.69, 9.17) is 10.5 Å². The number of fused-ring (bicyclic) bond motifs is 1. The van der Waals surface area contributed by atoms with Crippen LogP contribution in [0, 0.1) is 0 Å². The van der Waals surface area contributed by atoms with Crippen molar-refractivity contribution in [1.29, 1.82) is 0 Å². The molecule has 4 rings (SSSR count). The summed E-state index contributed by atoms with van der Waals surface area (Å²) in [7, 11) is 0. The number of hydrogen-bond donors (Lipinski definition) is 2. The molecule has 1 aliphatic heterocycles. The molecule has 0 radical (unpaired) electrons. The van der Waals surface area contributed by atoms with E-state index < -0.39 is 11.6 Å². The van der Waals surface area contributed by atoms with Crippen LogP contribution in [0.15, 0.2) is 48.7 Å². The Kier molecular flexibility index (Phi) is 7.23. The highest BCUT2D eigenvalue weighted by atomic mass is 16.5. The Bertz CT molecular complexity index is 1130. The zero-order valence-electron chi connectivity index (χ0n) is 19.7. The van der Waals surface area contributed by atoms with Gasteiger partial charge in [0.25, 0.3) is 5.91 Å². The van der Waals surface area contributed by atoms with Crippen LogP contribution >= 0.6 is 0 Å². The van der Waals surface area contributed by atoms with Gasteiger partial charge in [0.15, 0.2) is 11.5 Å². The molecule has 9 heteroatoms. The SMILES string of the molecule is CC(C)(N)C(=O)N[C@H](COCc1ccccc1)c1nnc2c(C(=O)N3CCCCC3)cccn12. The van der Waals surface area contributed by atoms with Gasteiger partial charge in [0.05, 0.1) is 24.3 Å². The molecule has 180 valence electrons. The molecule has 3 heterocycles. The summed E-state index contributed by atoms with van der Waals surface area (Å²) >= 11 is 0. The molecule has 2 aromatic heterocycles. The molecule has 0 unspecified atom stereocenters. The lowest BCUT2D eigenvalue weighted by molar-refractivity contribution is -0.126. The average Bonchev–Trinajstić information content (AvgIpc) is 3.28. The molecule has 3 aromatic rings. The highest BCUT2D eigenvalue weighted by Gasteiger charge is 2.29. The summed E-state index contributed by atoms with van der Waals surface area (Å²) in [6, 6.07) is 12.8. The van der Waals surface area contributed by atoms with Crippen molar-refractivity contribution in [1.82, 2.24) is 24.8 Å². The Morgan fingerprint density at radius 3 is 2.53 bits per heavy atom. The van der Waals surface area contributed by atoms with Crippen LogP contribution in [0.2, 0.25) is 0 Å². The second-order valence-electron chi connectivity index (χ2n) is 9.27. The molecule has 1 fully saturated rings. The number of carbonyl (C=O) groups excluding carboxylic acids is 2. The average molecular weight is 465 g/mol. The van der Waals surface area contributed by atoms with Crippen molar-refractivity contribution in [3.8, 4) is 0 Å². The Morgan fingerprint density at radius 1 is 1.09 bits per heavy atom. The zero-order valence-corrected chi connectivity index (χ0v) is 19.7. The van der Waals surface area contributed by atoms with Crippen molar-refractivity contribution >= 4 is 17.5 Å². The first-order valence-corrected chi connectivity index (χ1v) is 11.7. The minimum atomic E-state index is -1.08. The number of benzene rings is 1. The van der Waals surface area contributed by atoms with Gasteiger partial charge in [0.1, 0.15) is 6.04 Å². The third kappa shape index (κ3) is 5.43. The van der Waals surface area contributed by atoms with E-state index in [0.29, 0.717) is 23.6 Å². The molecule has 0 bridgehead atoms. The van der Waals surface area contributed by atoms with Crippen molar-refractivity contribution in [3.63, 3.8) is 0 Å². The Morgan fingerprint density at radius 2 is 1.82 bits per heavy atom. The van der Waals surface area contributed by atoms with Crippen molar-refractivity contribution in [2.24, 2.45) is 5.73 Å². The number of nitrogens with one attached hydrogen (secondary N) is 1. The maximum Gasteiger partial charge on any atom is 0.257 e. The van der Waals surface area contributed by atoms with Gasteiger partial charge in [-0.1, -0.05) is 30.3 Å². The van der Waals surface area contributed by atoms with Gasteiger partial charge in [0.2, 0.25) is 5.91 Å². The Balaban J connectivity index is 1.60. The summed E-state index contributed by atoms with van der Waals surface area (Å²) in [6.45, 7) is 5.33. The number of nitrogens with two attached hydrogens (primary N) is 1. The van der Waals surface area contributed by atoms with Gasteiger partial charge in [-0.05, 0) is 50.8 Å². The molecule has 3 N–H and O–H groups in total. The zero-order chi connectivity index (χ0) is 24.1. The number of hydrogen-bond acceptors (Lipinski definition) is 6. The second-order valence-corrected chi connectivity index (χ2v) is 9.27. The smallest absolute Gasteiger partial charge is 0.257 e. The lowest BCUT2D eigenvalue weighted by Gasteiger charge is -2.26. The fourth-order valence-electron chi connectivity index (χ4n) is 4.00. The van der Waals surface area contributed by atoms with Crippen LogP contribution in [0.25, 0.3) is 5.65 Å². The van der Waals surface area contributed by atoms with E-state index in [1.807, 2.05) is 35.2 Å². The third-order valence-corrected chi connectivity index (χ3v) is 5.93. The molecule has 1 aromatic carbocycles. The third-order valence-electron chi connectivity index (χ3n) is 5.93. The van der Waals surface area contributed by atoms with E-state index in [9.17, 15) is 9.59 Å². The molecular weight excluding hydrogens is 432 g/mol. The summed E-state index contributed by atoms with van der Waals surface area (Å²) in [5.41, 5.74) is 6.92. The molecule has 1 aliphatic rings. The largest absolute Gasteiger partial charge is 0.374 e. The number of aromatic nitrogens is 3. The van der Waals surface area contributed by atoms with Crippen LogP contribution < -0.4 is 11.1 Å². The molecule has 1 saturated heterocycles. The first-order chi connectivity index (χ1) is 16.3. The van der Waals surface area contributed by atoms with Gasteiger partial charge in [-0.3, -0.25) is 14.0 Å². The topological polar surface area (TPSA) is 115 Å². The molecular formula is C25H32N6O3. The van der Waals surface area contributed by atoms with Crippen LogP contribution in [0.3, 0.4) is 0 Å². The molecule has 0 spiro atoms. The second kappa shape index (κ2) is 10.3. The fraction of sp³-hybridized carbons (Fsp3) is 0.440. The Hall–Kier alpha value is -3.30. The number of pyridine rings is 1. The van der Waals surface area contributed by atoms with Crippen molar-refractivity contribution < 1.29 is 14.3 Å².